The van der Waals surface area contributed by atoms with Crippen molar-refractivity contribution in [3.8, 4) is 0 Å². The molecule has 0 aliphatic heterocycles. The summed E-state index contributed by atoms with van der Waals surface area (Å²) in [4.78, 5) is 0. The van der Waals surface area contributed by atoms with Gasteiger partial charge in [-0.1, -0.05) is 15.9 Å². The predicted molar refractivity (Wildman–Crippen MR) is 53.2 cm³/mol. The molecule has 13 heavy (non-hydrogen) atoms. The monoisotopic (exact) mass is 248 g/mol. The summed E-state index contributed by atoms with van der Waals surface area (Å²) in [6.45, 7) is 4.54. The fourth-order valence-electron chi connectivity index (χ4n) is 1.20. The average molecular weight is 249 g/mol. The minimum absolute atomic E-state index is 0.0747. The van der Waals surface area contributed by atoms with Crippen LogP contribution in [-0.4, -0.2) is 0 Å². The van der Waals surface area contributed by atoms with Crippen molar-refractivity contribution < 1.29 is 8.78 Å². The molecule has 0 N–H and O–H groups in total. The maximum absolute atomic E-state index is 12.9. The van der Waals surface area contributed by atoms with E-state index in [1.807, 2.05) is 13.8 Å². The van der Waals surface area contributed by atoms with E-state index in [0.717, 1.165) is 22.5 Å². The molecular weight excluding hydrogens is 238 g/mol. The SMILES string of the molecule is Cc1cc(C(C)(F)F)cc(C)c1Br. The van der Waals surface area contributed by atoms with E-state index >= 15 is 0 Å². The van der Waals surface area contributed by atoms with Gasteiger partial charge in [-0.05, 0) is 37.1 Å². The van der Waals surface area contributed by atoms with Crippen LogP contribution in [0.4, 0.5) is 8.78 Å². The van der Waals surface area contributed by atoms with Crippen LogP contribution >= 0.6 is 15.9 Å². The summed E-state index contributed by atoms with van der Waals surface area (Å²) < 4.78 is 26.8. The van der Waals surface area contributed by atoms with Crippen molar-refractivity contribution in [2.75, 3.05) is 0 Å². The predicted octanol–water partition coefficient (Wildman–Crippen LogP) is 4.18. The Kier molecular flexibility index (Phi) is 2.76. The number of rotatable bonds is 1. The van der Waals surface area contributed by atoms with Crippen LogP contribution in [0.25, 0.3) is 0 Å². The molecule has 1 aromatic carbocycles. The van der Waals surface area contributed by atoms with Crippen LogP contribution in [-0.2, 0) is 5.92 Å². The molecule has 0 saturated heterocycles. The summed E-state index contributed by atoms with van der Waals surface area (Å²) in [5, 5.41) is 0. The number of hydrogen-bond donors (Lipinski definition) is 0. The topological polar surface area (TPSA) is 0 Å². The van der Waals surface area contributed by atoms with Gasteiger partial charge in [0.2, 0.25) is 0 Å². The molecule has 1 rings (SSSR count). The first-order valence-corrected chi connectivity index (χ1v) is 4.76. The molecule has 0 nitrogen and oxygen atoms in total. The third kappa shape index (κ3) is 2.27. The van der Waals surface area contributed by atoms with Gasteiger partial charge in [0, 0.05) is 17.0 Å². The quantitative estimate of drug-likeness (QED) is 0.700. The summed E-state index contributed by atoms with van der Waals surface area (Å²) in [6, 6.07) is 3.02. The van der Waals surface area contributed by atoms with Gasteiger partial charge < -0.3 is 0 Å². The highest BCUT2D eigenvalue weighted by molar-refractivity contribution is 9.10. The zero-order chi connectivity index (χ0) is 10.2. The molecule has 0 aliphatic rings. The van der Waals surface area contributed by atoms with Gasteiger partial charge in [-0.2, -0.15) is 0 Å². The Balaban J connectivity index is 3.29. The Morgan fingerprint density at radius 3 is 1.85 bits per heavy atom. The van der Waals surface area contributed by atoms with Gasteiger partial charge in [-0.15, -0.1) is 0 Å². The van der Waals surface area contributed by atoms with Gasteiger partial charge in [0.15, 0.2) is 0 Å². The second-order valence-electron chi connectivity index (χ2n) is 3.31. The molecule has 0 bridgehead atoms. The fraction of sp³-hybridized carbons (Fsp3) is 0.400. The van der Waals surface area contributed by atoms with Gasteiger partial charge in [-0.25, -0.2) is 8.78 Å². The molecule has 0 aromatic heterocycles. The van der Waals surface area contributed by atoms with Gasteiger partial charge in [-0.3, -0.25) is 0 Å². The van der Waals surface area contributed by atoms with E-state index in [9.17, 15) is 8.78 Å². The van der Waals surface area contributed by atoms with Crippen molar-refractivity contribution >= 4 is 15.9 Å². The van der Waals surface area contributed by atoms with Crippen LogP contribution in [0.1, 0.15) is 23.6 Å². The molecule has 0 heterocycles. The van der Waals surface area contributed by atoms with Crippen LogP contribution in [0, 0.1) is 13.8 Å². The number of aryl methyl sites for hydroxylation is 2. The summed E-state index contributed by atoms with van der Waals surface area (Å²) in [7, 11) is 0. The zero-order valence-corrected chi connectivity index (χ0v) is 9.37. The van der Waals surface area contributed by atoms with Crippen LogP contribution in [0.15, 0.2) is 16.6 Å². The number of hydrogen-bond acceptors (Lipinski definition) is 0. The smallest absolute Gasteiger partial charge is 0.202 e. The molecule has 0 saturated carbocycles. The number of alkyl halides is 2. The molecule has 0 amide bonds. The average Bonchev–Trinajstić information content (AvgIpc) is 1.97. The summed E-state index contributed by atoms with van der Waals surface area (Å²) in [5.74, 6) is -2.75. The molecule has 1 aromatic rings. The summed E-state index contributed by atoms with van der Waals surface area (Å²) in [5.41, 5.74) is 1.76. The third-order valence-corrected chi connectivity index (χ3v) is 3.19. The maximum atomic E-state index is 12.9. The molecule has 0 fully saturated rings. The lowest BCUT2D eigenvalue weighted by Gasteiger charge is -2.13. The highest BCUT2D eigenvalue weighted by Gasteiger charge is 2.25. The first-order chi connectivity index (χ1) is 5.82. The largest absolute Gasteiger partial charge is 0.270 e. The first-order valence-electron chi connectivity index (χ1n) is 3.97. The lowest BCUT2D eigenvalue weighted by Crippen LogP contribution is -2.07. The van der Waals surface area contributed by atoms with E-state index in [-0.39, 0.29) is 5.56 Å². The Hall–Kier alpha value is -0.440. The minimum atomic E-state index is -2.75. The van der Waals surface area contributed by atoms with Gasteiger partial charge in [0.05, 0.1) is 0 Å². The van der Waals surface area contributed by atoms with Crippen molar-refractivity contribution in [2.24, 2.45) is 0 Å². The van der Waals surface area contributed by atoms with Crippen LogP contribution in [0.3, 0.4) is 0 Å². The molecule has 0 spiro atoms. The minimum Gasteiger partial charge on any atom is -0.202 e. The maximum Gasteiger partial charge on any atom is 0.270 e. The second-order valence-corrected chi connectivity index (χ2v) is 4.11. The summed E-state index contributed by atoms with van der Waals surface area (Å²) >= 11 is 3.34. The Morgan fingerprint density at radius 2 is 1.54 bits per heavy atom. The first kappa shape index (κ1) is 10.6. The number of halogens is 3. The highest BCUT2D eigenvalue weighted by Crippen LogP contribution is 2.31. The molecule has 72 valence electrons. The van der Waals surface area contributed by atoms with Crippen molar-refractivity contribution in [3.05, 3.63) is 33.3 Å². The molecule has 0 atom stereocenters. The van der Waals surface area contributed by atoms with E-state index in [4.69, 9.17) is 0 Å². The standard InChI is InChI=1S/C10H11BrF2/c1-6-4-8(10(3,12)13)5-7(2)9(6)11/h4-5H,1-3H3. The zero-order valence-electron chi connectivity index (χ0n) is 7.79. The van der Waals surface area contributed by atoms with Crippen molar-refractivity contribution in [3.63, 3.8) is 0 Å². The van der Waals surface area contributed by atoms with Gasteiger partial charge in [0.1, 0.15) is 0 Å². The van der Waals surface area contributed by atoms with Crippen LogP contribution in [0.2, 0.25) is 0 Å². The molecule has 0 aliphatic carbocycles. The normalized spacial score (nSPS) is 11.8. The Labute approximate surface area is 85.1 Å². The van der Waals surface area contributed by atoms with Crippen LogP contribution < -0.4 is 0 Å². The van der Waals surface area contributed by atoms with Crippen molar-refractivity contribution in [1.82, 2.24) is 0 Å². The van der Waals surface area contributed by atoms with E-state index in [0.29, 0.717) is 0 Å². The molecule has 3 heteroatoms. The van der Waals surface area contributed by atoms with E-state index in [1.54, 1.807) is 0 Å². The van der Waals surface area contributed by atoms with E-state index in [2.05, 4.69) is 15.9 Å². The highest BCUT2D eigenvalue weighted by atomic mass is 79.9. The van der Waals surface area contributed by atoms with Crippen LogP contribution in [0.5, 0.6) is 0 Å². The fourth-order valence-corrected chi connectivity index (χ4v) is 1.43. The lowest BCUT2D eigenvalue weighted by atomic mass is 10.0. The lowest BCUT2D eigenvalue weighted by molar-refractivity contribution is 0.0173. The third-order valence-electron chi connectivity index (χ3n) is 1.94. The Bertz CT molecular complexity index is 303. The van der Waals surface area contributed by atoms with Crippen molar-refractivity contribution in [2.45, 2.75) is 26.7 Å². The number of benzene rings is 1. The van der Waals surface area contributed by atoms with E-state index < -0.39 is 5.92 Å². The second kappa shape index (κ2) is 3.37. The summed E-state index contributed by atoms with van der Waals surface area (Å²) in [6.07, 6.45) is 0. The molecule has 0 radical (unpaired) electrons. The Morgan fingerprint density at radius 1 is 1.15 bits per heavy atom. The van der Waals surface area contributed by atoms with Gasteiger partial charge >= 0.3 is 0 Å². The van der Waals surface area contributed by atoms with Gasteiger partial charge in [0.25, 0.3) is 5.92 Å². The van der Waals surface area contributed by atoms with E-state index in [1.165, 1.54) is 12.1 Å². The van der Waals surface area contributed by atoms with Crippen molar-refractivity contribution in [1.29, 1.82) is 0 Å². The molecule has 0 unspecified atom stereocenters. The molecular formula is C10H11BrF2.